The zero-order chi connectivity index (χ0) is 19.4. The van der Waals surface area contributed by atoms with Gasteiger partial charge in [0, 0.05) is 32.3 Å². The fourth-order valence-electron chi connectivity index (χ4n) is 3.84. The van der Waals surface area contributed by atoms with Crippen LogP contribution in [-0.2, 0) is 7.05 Å². The number of nitrogens with two attached hydrogens (primary N) is 1. The monoisotopic (exact) mass is 384 g/mol. The van der Waals surface area contributed by atoms with Gasteiger partial charge in [0.2, 0.25) is 5.95 Å². The maximum absolute atomic E-state index is 14.4. The third-order valence-electron chi connectivity index (χ3n) is 5.21. The first-order chi connectivity index (χ1) is 13.5. The van der Waals surface area contributed by atoms with E-state index in [0.29, 0.717) is 12.4 Å². The Morgan fingerprint density at radius 1 is 1.18 bits per heavy atom. The number of nitrogen functional groups attached to an aromatic ring is 1. The van der Waals surface area contributed by atoms with E-state index >= 15 is 0 Å². The van der Waals surface area contributed by atoms with Crippen molar-refractivity contribution in [3.8, 4) is 0 Å². The summed E-state index contributed by atoms with van der Waals surface area (Å²) in [5.41, 5.74) is 7.04. The van der Waals surface area contributed by atoms with E-state index in [0.717, 1.165) is 37.2 Å². The maximum Gasteiger partial charge on any atom is 0.223 e. The molecule has 0 saturated carbocycles. The second kappa shape index (κ2) is 6.11. The lowest BCUT2D eigenvalue weighted by atomic mass is 9.97. The van der Waals surface area contributed by atoms with Crippen molar-refractivity contribution < 1.29 is 8.78 Å². The zero-order valence-electron chi connectivity index (χ0n) is 15.2. The summed E-state index contributed by atoms with van der Waals surface area (Å²) in [6, 6.07) is 2.10. The molecule has 2 N–H and O–H groups in total. The average Bonchev–Trinajstić information content (AvgIpc) is 3.32. The van der Waals surface area contributed by atoms with Crippen LogP contribution in [-0.4, -0.2) is 42.5 Å². The van der Waals surface area contributed by atoms with Gasteiger partial charge in [-0.05, 0) is 25.0 Å². The number of fused-ring (bicyclic) bond motifs is 3. The summed E-state index contributed by atoms with van der Waals surface area (Å²) < 4.78 is 31.6. The number of benzene rings is 1. The number of aromatic nitrogens is 6. The minimum Gasteiger partial charge on any atom is -0.368 e. The molecule has 4 aromatic rings. The molecule has 1 aliphatic heterocycles. The third kappa shape index (κ3) is 2.55. The first kappa shape index (κ1) is 16.8. The Hall–Kier alpha value is -3.30. The summed E-state index contributed by atoms with van der Waals surface area (Å²) in [6.07, 6.45) is 5.66. The van der Waals surface area contributed by atoms with Crippen molar-refractivity contribution >= 4 is 28.2 Å². The molecule has 1 saturated heterocycles. The standard InChI is InChI=1S/C18H18F2N8/c1-26-9-11(7-22-26)27-6-2-3-10(8-27)16-24-17-14-12(19)4-5-13(20)15(14)23-18(21)28(17)25-16/h4-5,7,9-10H,2-3,6,8H2,1H3,(H2,21,23). The van der Waals surface area contributed by atoms with E-state index in [-0.39, 0.29) is 28.4 Å². The van der Waals surface area contributed by atoms with Gasteiger partial charge in [-0.25, -0.2) is 18.7 Å². The summed E-state index contributed by atoms with van der Waals surface area (Å²) >= 11 is 0. The van der Waals surface area contributed by atoms with Gasteiger partial charge >= 0.3 is 0 Å². The molecule has 4 heterocycles. The van der Waals surface area contributed by atoms with Crippen molar-refractivity contribution in [3.05, 3.63) is 42.0 Å². The van der Waals surface area contributed by atoms with E-state index in [9.17, 15) is 8.78 Å². The number of aryl methyl sites for hydroxylation is 1. The Balaban J connectivity index is 1.59. The second-order valence-corrected chi connectivity index (χ2v) is 7.09. The minimum absolute atomic E-state index is 0.00660. The number of hydrogen-bond donors (Lipinski definition) is 1. The maximum atomic E-state index is 14.4. The van der Waals surface area contributed by atoms with E-state index in [2.05, 4.69) is 25.1 Å². The Bertz CT molecular complexity index is 1200. The summed E-state index contributed by atoms with van der Waals surface area (Å²) in [6.45, 7) is 1.63. The van der Waals surface area contributed by atoms with E-state index in [1.54, 1.807) is 4.68 Å². The van der Waals surface area contributed by atoms with E-state index < -0.39 is 11.6 Å². The van der Waals surface area contributed by atoms with Gasteiger partial charge in [0.05, 0.1) is 17.3 Å². The number of anilines is 2. The molecule has 1 fully saturated rings. The number of nitrogens with zero attached hydrogens (tertiary/aromatic N) is 7. The molecule has 5 rings (SSSR count). The molecule has 3 aromatic heterocycles. The molecule has 1 aromatic carbocycles. The van der Waals surface area contributed by atoms with Gasteiger partial charge in [0.15, 0.2) is 11.5 Å². The fraction of sp³-hybridized carbons (Fsp3) is 0.333. The van der Waals surface area contributed by atoms with Gasteiger partial charge in [-0.3, -0.25) is 4.68 Å². The molecule has 1 unspecified atom stereocenters. The van der Waals surface area contributed by atoms with Gasteiger partial charge in [-0.1, -0.05) is 0 Å². The zero-order valence-corrected chi connectivity index (χ0v) is 15.2. The van der Waals surface area contributed by atoms with Crippen LogP contribution in [0.5, 0.6) is 0 Å². The topological polar surface area (TPSA) is 90.2 Å². The Morgan fingerprint density at radius 3 is 2.79 bits per heavy atom. The minimum atomic E-state index is -0.643. The first-order valence-electron chi connectivity index (χ1n) is 9.04. The summed E-state index contributed by atoms with van der Waals surface area (Å²) in [7, 11) is 1.88. The van der Waals surface area contributed by atoms with Crippen LogP contribution in [0.2, 0.25) is 0 Å². The van der Waals surface area contributed by atoms with Gasteiger partial charge < -0.3 is 10.6 Å². The highest BCUT2D eigenvalue weighted by atomic mass is 19.1. The lowest BCUT2D eigenvalue weighted by Crippen LogP contribution is -2.34. The van der Waals surface area contributed by atoms with Gasteiger partial charge in [-0.15, -0.1) is 5.10 Å². The molecule has 0 radical (unpaired) electrons. The SMILES string of the molecule is Cn1cc(N2CCCC(c3nc4c5c(F)ccc(F)c5nc(N)n4n3)C2)cn1. The Morgan fingerprint density at radius 2 is 2.00 bits per heavy atom. The van der Waals surface area contributed by atoms with Crippen molar-refractivity contribution in [2.75, 3.05) is 23.7 Å². The smallest absolute Gasteiger partial charge is 0.223 e. The first-order valence-corrected chi connectivity index (χ1v) is 9.04. The quantitative estimate of drug-likeness (QED) is 0.570. The molecular weight excluding hydrogens is 366 g/mol. The van der Waals surface area contributed by atoms with Crippen LogP contribution in [0.15, 0.2) is 24.5 Å². The van der Waals surface area contributed by atoms with Crippen LogP contribution in [0, 0.1) is 11.6 Å². The number of hydrogen-bond acceptors (Lipinski definition) is 6. The van der Waals surface area contributed by atoms with Gasteiger partial charge in [0.25, 0.3) is 0 Å². The predicted octanol–water partition coefficient (Wildman–Crippen LogP) is 2.26. The average molecular weight is 384 g/mol. The molecule has 28 heavy (non-hydrogen) atoms. The number of halogens is 2. The molecule has 144 valence electrons. The van der Waals surface area contributed by atoms with Gasteiger partial charge in [-0.2, -0.15) is 9.61 Å². The van der Waals surface area contributed by atoms with Crippen LogP contribution in [0.25, 0.3) is 16.6 Å². The number of piperidine rings is 1. The summed E-state index contributed by atoms with van der Waals surface area (Å²) in [4.78, 5) is 10.8. The molecular formula is C18H18F2N8. The van der Waals surface area contributed by atoms with Gasteiger partial charge in [0.1, 0.15) is 17.2 Å². The molecule has 0 spiro atoms. The highest BCUT2D eigenvalue weighted by Crippen LogP contribution is 2.30. The molecule has 10 heteroatoms. The molecule has 1 atom stereocenters. The fourth-order valence-corrected chi connectivity index (χ4v) is 3.84. The van der Waals surface area contributed by atoms with Crippen molar-refractivity contribution in [2.45, 2.75) is 18.8 Å². The van der Waals surface area contributed by atoms with Crippen molar-refractivity contribution in [1.29, 1.82) is 0 Å². The van der Waals surface area contributed by atoms with Crippen LogP contribution < -0.4 is 10.6 Å². The molecule has 0 bridgehead atoms. The van der Waals surface area contributed by atoms with Crippen molar-refractivity contribution in [3.63, 3.8) is 0 Å². The van der Waals surface area contributed by atoms with Crippen molar-refractivity contribution in [1.82, 2.24) is 29.4 Å². The molecule has 8 nitrogen and oxygen atoms in total. The van der Waals surface area contributed by atoms with Crippen LogP contribution in [0.3, 0.4) is 0 Å². The van der Waals surface area contributed by atoms with E-state index in [1.165, 1.54) is 4.52 Å². The Kier molecular flexibility index (Phi) is 3.68. The van der Waals surface area contributed by atoms with Crippen LogP contribution in [0.1, 0.15) is 24.6 Å². The van der Waals surface area contributed by atoms with Crippen LogP contribution in [0.4, 0.5) is 20.4 Å². The predicted molar refractivity (Wildman–Crippen MR) is 100 cm³/mol. The van der Waals surface area contributed by atoms with E-state index in [4.69, 9.17) is 5.73 Å². The molecule has 0 aliphatic carbocycles. The van der Waals surface area contributed by atoms with E-state index in [1.807, 2.05) is 19.4 Å². The Labute approximate surface area is 158 Å². The highest BCUT2D eigenvalue weighted by Gasteiger charge is 2.27. The lowest BCUT2D eigenvalue weighted by Gasteiger charge is -2.32. The van der Waals surface area contributed by atoms with Crippen molar-refractivity contribution in [2.24, 2.45) is 7.05 Å². The second-order valence-electron chi connectivity index (χ2n) is 7.09. The molecule has 1 aliphatic rings. The molecule has 0 amide bonds. The highest BCUT2D eigenvalue weighted by molar-refractivity contribution is 5.93. The normalized spacial score (nSPS) is 17.7. The largest absolute Gasteiger partial charge is 0.368 e. The third-order valence-corrected chi connectivity index (χ3v) is 5.21. The van der Waals surface area contributed by atoms with Crippen LogP contribution >= 0.6 is 0 Å². The summed E-state index contributed by atoms with van der Waals surface area (Å²) in [5.74, 6) is -0.673. The summed E-state index contributed by atoms with van der Waals surface area (Å²) in [5, 5.41) is 8.69. The lowest BCUT2D eigenvalue weighted by molar-refractivity contribution is 0.491. The number of rotatable bonds is 2.